The van der Waals surface area contributed by atoms with Crippen molar-refractivity contribution in [2.24, 2.45) is 0 Å². The highest BCUT2D eigenvalue weighted by atomic mass is 32.2. The van der Waals surface area contributed by atoms with Crippen LogP contribution in [-0.2, 0) is 15.8 Å². The predicted molar refractivity (Wildman–Crippen MR) is 86.7 cm³/mol. The van der Waals surface area contributed by atoms with Crippen LogP contribution in [0.2, 0.25) is 0 Å². The number of halogens is 3. The lowest BCUT2D eigenvalue weighted by Gasteiger charge is -2.10. The summed E-state index contributed by atoms with van der Waals surface area (Å²) in [5, 5.41) is 12.7. The summed E-state index contributed by atoms with van der Waals surface area (Å²) in [7, 11) is 0. The molecule has 10 heteroatoms. The number of hydrogen-bond donors (Lipinski definition) is 1. The minimum atomic E-state index is -4.48. The van der Waals surface area contributed by atoms with Crippen LogP contribution in [0.25, 0.3) is 0 Å². The number of aliphatic carboxylic acids is 1. The number of rotatable bonds is 7. The molecule has 1 N–H and O–H groups in total. The van der Waals surface area contributed by atoms with Gasteiger partial charge in [-0.25, -0.2) is 4.98 Å². The molecule has 0 saturated heterocycles. The summed E-state index contributed by atoms with van der Waals surface area (Å²) in [6, 6.07) is 7.20. The van der Waals surface area contributed by atoms with Gasteiger partial charge in [0.05, 0.1) is 29.2 Å². The Hall–Kier alpha value is -2.75. The van der Waals surface area contributed by atoms with Gasteiger partial charge in [-0.05, 0) is 24.3 Å². The molecule has 0 aliphatic carbocycles. The molecule has 0 unspecified atom stereocenters. The SMILES string of the molecule is O=C([O-])CSCC(=O)Nc1ccc(Oc2cccc(C(F)(F)F)c2)nc1. The average molecular weight is 385 g/mol. The van der Waals surface area contributed by atoms with Crippen LogP contribution >= 0.6 is 11.8 Å². The minimum absolute atomic E-state index is 0.0252. The van der Waals surface area contributed by atoms with Crippen molar-refractivity contribution >= 4 is 29.3 Å². The molecule has 1 aromatic heterocycles. The lowest BCUT2D eigenvalue weighted by atomic mass is 10.2. The second-order valence-corrected chi connectivity index (χ2v) is 5.91. The smallest absolute Gasteiger partial charge is 0.416 e. The monoisotopic (exact) mass is 385 g/mol. The van der Waals surface area contributed by atoms with Gasteiger partial charge in [-0.3, -0.25) is 4.79 Å². The Morgan fingerprint density at radius 3 is 2.58 bits per heavy atom. The van der Waals surface area contributed by atoms with Crippen LogP contribution in [-0.4, -0.2) is 28.4 Å². The quantitative estimate of drug-likeness (QED) is 0.787. The molecule has 2 rings (SSSR count). The maximum atomic E-state index is 12.7. The summed E-state index contributed by atoms with van der Waals surface area (Å²) in [5.41, 5.74) is -0.506. The first-order valence-electron chi connectivity index (χ1n) is 7.12. The Morgan fingerprint density at radius 2 is 1.96 bits per heavy atom. The molecule has 0 spiro atoms. The molecule has 2 aromatic rings. The fourth-order valence-corrected chi connectivity index (χ4v) is 2.32. The van der Waals surface area contributed by atoms with Crippen molar-refractivity contribution in [2.45, 2.75) is 6.18 Å². The molecule has 138 valence electrons. The highest BCUT2D eigenvalue weighted by molar-refractivity contribution is 8.00. The van der Waals surface area contributed by atoms with Crippen LogP contribution in [0, 0.1) is 0 Å². The summed E-state index contributed by atoms with van der Waals surface area (Å²) in [4.78, 5) is 25.7. The Morgan fingerprint density at radius 1 is 1.19 bits per heavy atom. The number of anilines is 1. The largest absolute Gasteiger partial charge is 0.549 e. The van der Waals surface area contributed by atoms with Crippen molar-refractivity contribution in [1.82, 2.24) is 4.98 Å². The van der Waals surface area contributed by atoms with E-state index in [1.165, 1.54) is 30.5 Å². The number of thioether (sulfide) groups is 1. The fourth-order valence-electron chi connectivity index (χ4n) is 1.80. The summed E-state index contributed by atoms with van der Waals surface area (Å²) in [6.07, 6.45) is -3.21. The number of ether oxygens (including phenoxy) is 1. The Kier molecular flexibility index (Phi) is 6.45. The van der Waals surface area contributed by atoms with Crippen molar-refractivity contribution in [3.8, 4) is 11.6 Å². The normalized spacial score (nSPS) is 11.0. The van der Waals surface area contributed by atoms with Crippen molar-refractivity contribution in [1.29, 1.82) is 0 Å². The Bertz CT molecular complexity index is 782. The predicted octanol–water partition coefficient (Wildman–Crippen LogP) is 2.31. The van der Waals surface area contributed by atoms with E-state index in [-0.39, 0.29) is 23.1 Å². The zero-order chi connectivity index (χ0) is 19.2. The molecular weight excluding hydrogens is 373 g/mol. The minimum Gasteiger partial charge on any atom is -0.549 e. The van der Waals surface area contributed by atoms with E-state index in [4.69, 9.17) is 4.74 Å². The number of carboxylic acids is 1. The lowest BCUT2D eigenvalue weighted by Crippen LogP contribution is -2.25. The first-order valence-corrected chi connectivity index (χ1v) is 8.28. The van der Waals surface area contributed by atoms with E-state index in [0.29, 0.717) is 5.69 Å². The molecule has 1 heterocycles. The van der Waals surface area contributed by atoms with Crippen LogP contribution < -0.4 is 15.2 Å². The number of amides is 1. The molecule has 6 nitrogen and oxygen atoms in total. The van der Waals surface area contributed by atoms with Crippen LogP contribution in [0.4, 0.5) is 18.9 Å². The summed E-state index contributed by atoms with van der Waals surface area (Å²) in [6.45, 7) is 0. The van der Waals surface area contributed by atoms with E-state index in [9.17, 15) is 27.9 Å². The first kappa shape index (κ1) is 19.6. The van der Waals surface area contributed by atoms with Gasteiger partial charge in [-0.2, -0.15) is 13.2 Å². The molecule has 1 aromatic carbocycles. The Balaban J connectivity index is 1.93. The van der Waals surface area contributed by atoms with Gasteiger partial charge in [0.15, 0.2) is 0 Å². The van der Waals surface area contributed by atoms with Crippen molar-refractivity contribution < 1.29 is 32.6 Å². The third kappa shape index (κ3) is 6.28. The van der Waals surface area contributed by atoms with E-state index in [2.05, 4.69) is 10.3 Å². The maximum absolute atomic E-state index is 12.7. The Labute approximate surface area is 150 Å². The molecule has 26 heavy (non-hydrogen) atoms. The van der Waals surface area contributed by atoms with Gasteiger partial charge in [0.25, 0.3) is 0 Å². The zero-order valence-electron chi connectivity index (χ0n) is 13.1. The molecular formula is C16H12F3N2O4S-. The number of benzene rings is 1. The number of aromatic nitrogens is 1. The topological polar surface area (TPSA) is 91.3 Å². The third-order valence-electron chi connectivity index (χ3n) is 2.86. The molecule has 0 atom stereocenters. The summed E-state index contributed by atoms with van der Waals surface area (Å²) in [5.74, 6) is -2.03. The van der Waals surface area contributed by atoms with Gasteiger partial charge in [-0.15, -0.1) is 11.8 Å². The van der Waals surface area contributed by atoms with Crippen LogP contribution in [0.5, 0.6) is 11.6 Å². The standard InChI is InChI=1S/C16H13F3N2O4S/c17-16(18,19)10-2-1-3-12(6-10)25-14-5-4-11(7-20-14)21-13(22)8-26-9-15(23)24/h1-7H,8-9H2,(H,21,22)(H,23,24)/p-1. The number of nitrogens with one attached hydrogen (secondary N) is 1. The van der Waals surface area contributed by atoms with Gasteiger partial charge in [0.1, 0.15) is 5.75 Å². The number of hydrogen-bond acceptors (Lipinski definition) is 6. The number of pyridine rings is 1. The van der Waals surface area contributed by atoms with E-state index in [1.807, 2.05) is 0 Å². The fraction of sp³-hybridized carbons (Fsp3) is 0.188. The van der Waals surface area contributed by atoms with Gasteiger partial charge in [0.2, 0.25) is 11.8 Å². The van der Waals surface area contributed by atoms with Crippen molar-refractivity contribution in [3.63, 3.8) is 0 Å². The number of carboxylic acid groups (broad SMARTS) is 1. The van der Waals surface area contributed by atoms with E-state index in [1.54, 1.807) is 0 Å². The van der Waals surface area contributed by atoms with Gasteiger partial charge < -0.3 is 20.0 Å². The molecule has 1 amide bonds. The van der Waals surface area contributed by atoms with Crippen molar-refractivity contribution in [3.05, 3.63) is 48.2 Å². The molecule has 0 fully saturated rings. The molecule has 0 bridgehead atoms. The zero-order valence-corrected chi connectivity index (χ0v) is 13.9. The highest BCUT2D eigenvalue weighted by Gasteiger charge is 2.30. The maximum Gasteiger partial charge on any atom is 0.416 e. The second kappa shape index (κ2) is 8.56. The molecule has 0 aliphatic heterocycles. The number of carbonyl (C=O) groups excluding carboxylic acids is 2. The molecule has 0 radical (unpaired) electrons. The number of alkyl halides is 3. The summed E-state index contributed by atoms with van der Waals surface area (Å²) < 4.78 is 43.3. The summed E-state index contributed by atoms with van der Waals surface area (Å²) >= 11 is 0.886. The molecule has 0 aliphatic rings. The number of nitrogens with zero attached hydrogens (tertiary/aromatic N) is 1. The van der Waals surface area contributed by atoms with E-state index in [0.717, 1.165) is 23.9 Å². The first-order chi connectivity index (χ1) is 12.2. The van der Waals surface area contributed by atoms with Gasteiger partial charge in [-0.1, -0.05) is 6.07 Å². The van der Waals surface area contributed by atoms with Gasteiger partial charge >= 0.3 is 6.18 Å². The second-order valence-electron chi connectivity index (χ2n) is 4.93. The third-order valence-corrected chi connectivity index (χ3v) is 3.76. The van der Waals surface area contributed by atoms with Crippen LogP contribution in [0.3, 0.4) is 0 Å². The lowest BCUT2D eigenvalue weighted by molar-refractivity contribution is -0.301. The van der Waals surface area contributed by atoms with Gasteiger partial charge in [0, 0.05) is 11.8 Å². The van der Waals surface area contributed by atoms with E-state index < -0.39 is 23.6 Å². The molecule has 0 saturated carbocycles. The highest BCUT2D eigenvalue weighted by Crippen LogP contribution is 2.32. The van der Waals surface area contributed by atoms with Crippen molar-refractivity contribution in [2.75, 3.05) is 16.8 Å². The van der Waals surface area contributed by atoms with Crippen LogP contribution in [0.1, 0.15) is 5.56 Å². The van der Waals surface area contributed by atoms with Crippen LogP contribution in [0.15, 0.2) is 42.6 Å². The van der Waals surface area contributed by atoms with E-state index >= 15 is 0 Å². The number of carbonyl (C=O) groups is 2. The average Bonchev–Trinajstić information content (AvgIpc) is 2.56.